The van der Waals surface area contributed by atoms with Crippen LogP contribution in [-0.4, -0.2) is 43.4 Å². The summed E-state index contributed by atoms with van der Waals surface area (Å²) in [5.74, 6) is -1.99. The van der Waals surface area contributed by atoms with Gasteiger partial charge in [0.15, 0.2) is 17.2 Å². The lowest BCUT2D eigenvalue weighted by atomic mass is 9.94. The Hall–Kier alpha value is -5.98. The molecule has 0 bridgehead atoms. The van der Waals surface area contributed by atoms with Gasteiger partial charge in [-0.1, -0.05) is 49.0 Å². The zero-order chi connectivity index (χ0) is 30.7. The fourth-order valence-corrected chi connectivity index (χ4v) is 4.38. The van der Waals surface area contributed by atoms with Crippen LogP contribution in [0.1, 0.15) is 50.8 Å². The van der Waals surface area contributed by atoms with E-state index in [1.807, 2.05) is 44.2 Å². The van der Waals surface area contributed by atoms with Gasteiger partial charge in [-0.15, -0.1) is 5.10 Å². The number of rotatable bonds is 8. The molecule has 0 unspecified atom stereocenters. The Morgan fingerprint density at radius 1 is 0.953 bits per heavy atom. The number of nitrogens with zero attached hydrogens (tertiary/aromatic N) is 4. The normalized spacial score (nSPS) is 11.1. The second-order valence-electron chi connectivity index (χ2n) is 9.87. The number of aromatic nitrogens is 4. The quantitative estimate of drug-likeness (QED) is 0.223. The van der Waals surface area contributed by atoms with Gasteiger partial charge >= 0.3 is 6.09 Å². The molecule has 0 radical (unpaired) electrons. The molecule has 0 saturated heterocycles. The van der Waals surface area contributed by atoms with Gasteiger partial charge in [0.2, 0.25) is 0 Å². The molecule has 0 atom stereocenters. The molecule has 0 aliphatic carbocycles. The van der Waals surface area contributed by atoms with Crippen molar-refractivity contribution in [3.05, 3.63) is 108 Å². The molecule has 0 fully saturated rings. The Balaban J connectivity index is 1.45. The summed E-state index contributed by atoms with van der Waals surface area (Å²) in [6, 6.07) is 18.6. The minimum absolute atomic E-state index is 0.0477. The first kappa shape index (κ1) is 28.5. The summed E-state index contributed by atoms with van der Waals surface area (Å²) in [5.41, 5.74) is 0.733. The molecule has 3 heterocycles. The molecule has 5 rings (SSSR count). The van der Waals surface area contributed by atoms with Crippen LogP contribution in [-0.2, 0) is 17.3 Å². The van der Waals surface area contributed by atoms with Crippen molar-refractivity contribution in [1.29, 1.82) is 0 Å². The summed E-state index contributed by atoms with van der Waals surface area (Å²) < 4.78 is 12.9. The van der Waals surface area contributed by atoms with Crippen LogP contribution in [0.25, 0.3) is 11.1 Å². The molecule has 0 aliphatic rings. The summed E-state index contributed by atoms with van der Waals surface area (Å²) in [5, 5.41) is 16.3. The number of amides is 3. The minimum atomic E-state index is -0.943. The first-order valence-corrected chi connectivity index (χ1v) is 13.0. The summed E-state index contributed by atoms with van der Waals surface area (Å²) in [7, 11) is 1.62. The van der Waals surface area contributed by atoms with Crippen molar-refractivity contribution in [2.24, 2.45) is 7.05 Å². The molecule has 218 valence electrons. The number of anilines is 2. The van der Waals surface area contributed by atoms with Crippen molar-refractivity contribution < 1.29 is 28.3 Å². The summed E-state index contributed by atoms with van der Waals surface area (Å²) in [6.07, 6.45) is 1.46. The van der Waals surface area contributed by atoms with E-state index in [4.69, 9.17) is 9.15 Å². The second kappa shape index (κ2) is 11.5. The molecular weight excluding hydrogens is 554 g/mol. The lowest BCUT2D eigenvalue weighted by Crippen LogP contribution is -2.40. The number of nitrogens with one attached hydrogen (secondary N) is 3. The van der Waals surface area contributed by atoms with Gasteiger partial charge in [0.05, 0.1) is 23.1 Å². The Morgan fingerprint density at radius 3 is 2.37 bits per heavy atom. The van der Waals surface area contributed by atoms with Crippen LogP contribution in [0, 0.1) is 0 Å². The molecular formula is C30H27N7O6. The summed E-state index contributed by atoms with van der Waals surface area (Å²) >= 11 is 0. The number of ether oxygens (including phenoxy) is 1. The molecule has 13 nitrogen and oxygen atoms in total. The highest BCUT2D eigenvalue weighted by molar-refractivity contribution is 6.14. The average molecular weight is 582 g/mol. The maximum absolute atomic E-state index is 13.4. The van der Waals surface area contributed by atoms with E-state index in [9.17, 15) is 19.2 Å². The van der Waals surface area contributed by atoms with Crippen molar-refractivity contribution in [2.45, 2.75) is 19.4 Å². The summed E-state index contributed by atoms with van der Waals surface area (Å²) in [4.78, 5) is 52.1. The van der Waals surface area contributed by atoms with Crippen molar-refractivity contribution in [3.63, 3.8) is 0 Å². The molecule has 5 aromatic rings. The molecule has 3 amide bonds. The average Bonchev–Trinajstić information content (AvgIpc) is 3.70. The highest BCUT2D eigenvalue weighted by atomic mass is 16.5. The third-order valence-corrected chi connectivity index (χ3v) is 6.56. The Morgan fingerprint density at radius 2 is 1.67 bits per heavy atom. The van der Waals surface area contributed by atoms with E-state index in [0.717, 1.165) is 16.5 Å². The van der Waals surface area contributed by atoms with Gasteiger partial charge in [0.1, 0.15) is 11.2 Å². The fraction of sp³-hybridized carbons (Fsp3) is 0.133. The standard InChI is InChI=1S/C30H27N7O6/c1-5-42-29(41)37-22-17-23(28(40)34-30(2,3)18-11-7-6-8-12-18)43-24(22)25(35-37)33-26(38)19-13-9-10-14-20(19)32-27(39)21-15-16-31-36(21)4/h5-17H,1H2,2-4H3,(H,32,39)(H,34,40)(H,33,35,38). The van der Waals surface area contributed by atoms with Crippen LogP contribution in [0.4, 0.5) is 16.3 Å². The Kier molecular flexibility index (Phi) is 7.62. The smallest absolute Gasteiger partial charge is 0.440 e. The van der Waals surface area contributed by atoms with Gasteiger partial charge in [-0.05, 0) is 37.6 Å². The maximum Gasteiger partial charge on any atom is 0.440 e. The lowest BCUT2D eigenvalue weighted by Gasteiger charge is -2.26. The van der Waals surface area contributed by atoms with Crippen molar-refractivity contribution in [2.75, 3.05) is 10.6 Å². The van der Waals surface area contributed by atoms with Crippen LogP contribution in [0.3, 0.4) is 0 Å². The van der Waals surface area contributed by atoms with Crippen LogP contribution < -0.4 is 16.0 Å². The molecule has 2 aromatic carbocycles. The van der Waals surface area contributed by atoms with Gasteiger partial charge in [-0.25, -0.2) is 4.79 Å². The van der Waals surface area contributed by atoms with E-state index in [1.54, 1.807) is 25.2 Å². The van der Waals surface area contributed by atoms with Gasteiger partial charge in [-0.3, -0.25) is 19.1 Å². The monoisotopic (exact) mass is 581 g/mol. The lowest BCUT2D eigenvalue weighted by molar-refractivity contribution is 0.0885. The predicted molar refractivity (Wildman–Crippen MR) is 157 cm³/mol. The van der Waals surface area contributed by atoms with Gasteiger partial charge < -0.3 is 25.1 Å². The molecule has 0 aliphatic heterocycles. The zero-order valence-corrected chi connectivity index (χ0v) is 23.5. The summed E-state index contributed by atoms with van der Waals surface area (Å²) in [6.45, 7) is 7.05. The fourth-order valence-electron chi connectivity index (χ4n) is 4.38. The zero-order valence-electron chi connectivity index (χ0n) is 23.5. The topological polar surface area (TPSA) is 162 Å². The molecule has 0 saturated carbocycles. The van der Waals surface area contributed by atoms with Gasteiger partial charge in [0.25, 0.3) is 17.7 Å². The van der Waals surface area contributed by atoms with Crippen molar-refractivity contribution in [3.8, 4) is 0 Å². The SMILES string of the molecule is C=COC(=O)n1nc(NC(=O)c2ccccc2NC(=O)c2ccnn2C)c2oc(C(=O)NC(C)(C)c3ccccc3)cc21. The van der Waals surface area contributed by atoms with E-state index >= 15 is 0 Å². The maximum atomic E-state index is 13.4. The Bertz CT molecular complexity index is 1870. The number of fused-ring (bicyclic) bond motifs is 1. The van der Waals surface area contributed by atoms with Crippen molar-refractivity contribution in [1.82, 2.24) is 24.9 Å². The molecule has 43 heavy (non-hydrogen) atoms. The second-order valence-corrected chi connectivity index (χ2v) is 9.87. The molecule has 0 spiro atoms. The predicted octanol–water partition coefficient (Wildman–Crippen LogP) is 4.66. The van der Waals surface area contributed by atoms with E-state index in [2.05, 4.69) is 32.7 Å². The number of carbonyl (C=O) groups is 4. The molecule has 3 aromatic heterocycles. The molecule has 3 N–H and O–H groups in total. The number of benzene rings is 2. The van der Waals surface area contributed by atoms with E-state index in [0.29, 0.717) is 0 Å². The van der Waals surface area contributed by atoms with Crippen molar-refractivity contribution >= 4 is 46.4 Å². The number of para-hydroxylation sites is 1. The van der Waals surface area contributed by atoms with Crippen LogP contribution >= 0.6 is 0 Å². The third kappa shape index (κ3) is 5.77. The van der Waals surface area contributed by atoms with Gasteiger partial charge in [0, 0.05) is 19.3 Å². The number of aryl methyl sites for hydroxylation is 1. The highest BCUT2D eigenvalue weighted by Gasteiger charge is 2.29. The molecule has 13 heteroatoms. The van der Waals surface area contributed by atoms with Crippen LogP contribution in [0.15, 0.2) is 90.2 Å². The Labute approximate surface area is 245 Å². The highest BCUT2D eigenvalue weighted by Crippen LogP contribution is 2.29. The van der Waals surface area contributed by atoms with E-state index in [1.165, 1.54) is 29.1 Å². The number of hydrogen-bond acceptors (Lipinski definition) is 8. The minimum Gasteiger partial charge on any atom is -0.445 e. The van der Waals surface area contributed by atoms with E-state index < -0.39 is 29.4 Å². The number of carbonyl (C=O) groups excluding carboxylic acids is 4. The number of furan rings is 1. The van der Waals surface area contributed by atoms with Crippen LogP contribution in [0.5, 0.6) is 0 Å². The largest absolute Gasteiger partial charge is 0.445 e. The first-order chi connectivity index (χ1) is 20.6. The van der Waals surface area contributed by atoms with Crippen LogP contribution in [0.2, 0.25) is 0 Å². The number of hydrogen-bond donors (Lipinski definition) is 3. The van der Waals surface area contributed by atoms with E-state index in [-0.39, 0.29) is 39.6 Å². The van der Waals surface area contributed by atoms with Gasteiger partial charge in [-0.2, -0.15) is 9.78 Å². The third-order valence-electron chi connectivity index (χ3n) is 6.56. The first-order valence-electron chi connectivity index (χ1n) is 13.0.